The van der Waals surface area contributed by atoms with Gasteiger partial charge in [0.15, 0.2) is 31.3 Å². The minimum absolute atomic E-state index is 0.00311. The Hall–Kier alpha value is -9.24. The highest BCUT2D eigenvalue weighted by molar-refractivity contribution is 5.74. The molecule has 115 heavy (non-hydrogen) atoms. The van der Waals surface area contributed by atoms with Crippen LogP contribution in [0, 0.1) is 0 Å². The van der Waals surface area contributed by atoms with Crippen molar-refractivity contribution in [2.75, 3.05) is 33.5 Å². The van der Waals surface area contributed by atoms with Crippen molar-refractivity contribution >= 4 is 23.8 Å². The van der Waals surface area contributed by atoms with Gasteiger partial charge in [0, 0.05) is 27.7 Å². The predicted molar refractivity (Wildman–Crippen MR) is 415 cm³/mol. The number of aliphatic hydroxyl groups excluding tert-OH is 2. The SMILES string of the molecule is COc1ccc(CO[C@@H]2[C@H](OCc3ccccc3)[C@@H](NC(C)=O)[C@@H](O[C@@H]3[C@@H](O[C@H]4O[C@@H](COC(C)=O)[C@@H](OC(C)=O)[C@H](O)[C@H]4NC(C)=O)[C@@H](COCc4ccccc4)O[C@H](O[C@@H]4[C@H](COCc5ccccc5)O[C@@H](O)C(OCc5ccccc5)[C@@H]4OCc4ccccc4)[C@@H]3OCc3ccccc3)O[C@H]2COCc2ccccc2)cc1. The van der Waals surface area contributed by atoms with Crippen LogP contribution in [0.3, 0.4) is 0 Å². The maximum absolute atomic E-state index is 14.4. The van der Waals surface area contributed by atoms with Crippen LogP contribution in [0.4, 0.5) is 0 Å². The number of hydrogen-bond donors (Lipinski definition) is 4. The molecule has 4 saturated heterocycles. The predicted octanol–water partition coefficient (Wildman–Crippen LogP) is 9.49. The summed E-state index contributed by atoms with van der Waals surface area (Å²) in [6.07, 6.45) is -26.2. The fourth-order valence-electron chi connectivity index (χ4n) is 14.3. The van der Waals surface area contributed by atoms with E-state index in [9.17, 15) is 29.4 Å². The number of carbonyl (C=O) groups is 4. The van der Waals surface area contributed by atoms with Gasteiger partial charge in [-0.25, -0.2) is 0 Å². The monoisotopic (exact) mass is 1580 g/mol. The van der Waals surface area contributed by atoms with E-state index in [4.69, 9.17) is 85.3 Å². The maximum atomic E-state index is 14.4. The molecule has 0 bridgehead atoms. The van der Waals surface area contributed by atoms with E-state index >= 15 is 0 Å². The summed E-state index contributed by atoms with van der Waals surface area (Å²) in [5, 5.41) is 31.1. The van der Waals surface area contributed by atoms with Crippen LogP contribution in [0.2, 0.25) is 0 Å². The Labute approximate surface area is 669 Å². The topological polar surface area (TPSA) is 299 Å². The van der Waals surface area contributed by atoms with Crippen LogP contribution >= 0.6 is 0 Å². The van der Waals surface area contributed by atoms with Gasteiger partial charge < -0.3 is 106 Å². The van der Waals surface area contributed by atoms with Gasteiger partial charge in [-0.3, -0.25) is 19.2 Å². The van der Waals surface area contributed by atoms with Crippen molar-refractivity contribution in [3.63, 3.8) is 0 Å². The number of benzene rings is 8. The largest absolute Gasteiger partial charge is 0.497 e. The first-order valence-corrected chi connectivity index (χ1v) is 38.6. The van der Waals surface area contributed by atoms with E-state index in [0.717, 1.165) is 45.9 Å². The third kappa shape index (κ3) is 24.9. The molecule has 4 fully saturated rings. The number of hydrogen-bond acceptors (Lipinski definition) is 24. The molecule has 0 spiro atoms. The minimum Gasteiger partial charge on any atom is -0.497 e. The van der Waals surface area contributed by atoms with E-state index in [0.29, 0.717) is 11.3 Å². The van der Waals surface area contributed by atoms with E-state index in [-0.39, 0.29) is 72.7 Å². The zero-order valence-corrected chi connectivity index (χ0v) is 64.9. The third-order valence-electron chi connectivity index (χ3n) is 19.8. The molecule has 8 aromatic rings. The van der Waals surface area contributed by atoms with Crippen molar-refractivity contribution < 1.29 is 115 Å². The van der Waals surface area contributed by atoms with Crippen molar-refractivity contribution in [2.45, 2.75) is 203 Å². The second-order valence-electron chi connectivity index (χ2n) is 28.5. The molecule has 1 unspecified atom stereocenters. The number of esters is 2. The molecule has 8 aromatic carbocycles. The number of nitrogens with one attached hydrogen (secondary N) is 2. The zero-order chi connectivity index (χ0) is 80.3. The molecule has 4 aliphatic rings. The summed E-state index contributed by atoms with van der Waals surface area (Å²) in [5.41, 5.74) is 6.23. The Balaban J connectivity index is 1.04. The summed E-state index contributed by atoms with van der Waals surface area (Å²) in [6, 6.07) is 70.6. The normalized spacial score (nSPS) is 27.4. The quantitative estimate of drug-likeness (QED) is 0.0261. The average Bonchev–Trinajstić information content (AvgIpc) is 0.753. The summed E-state index contributed by atoms with van der Waals surface area (Å²) in [5.74, 6) is -2.12. The van der Waals surface area contributed by atoms with Gasteiger partial charge in [-0.15, -0.1) is 0 Å². The Kier molecular flexibility index (Phi) is 32.3. The highest BCUT2D eigenvalue weighted by Gasteiger charge is 2.59. The van der Waals surface area contributed by atoms with Gasteiger partial charge in [0.1, 0.15) is 104 Å². The summed E-state index contributed by atoms with van der Waals surface area (Å²) < 4.78 is 124. The van der Waals surface area contributed by atoms with Gasteiger partial charge >= 0.3 is 11.9 Å². The van der Waals surface area contributed by atoms with Gasteiger partial charge in [0.2, 0.25) is 11.8 Å². The average molecular weight is 1580 g/mol. The van der Waals surface area contributed by atoms with Crippen molar-refractivity contribution in [1.82, 2.24) is 10.6 Å². The van der Waals surface area contributed by atoms with E-state index in [2.05, 4.69) is 10.6 Å². The molecule has 12 rings (SSSR count). The fourth-order valence-corrected chi connectivity index (χ4v) is 14.3. The molecular weight excluding hydrogens is 1480 g/mol. The van der Waals surface area contributed by atoms with Crippen LogP contribution in [0.5, 0.6) is 5.75 Å². The lowest BCUT2D eigenvalue weighted by Crippen LogP contribution is -2.71. The van der Waals surface area contributed by atoms with Crippen molar-refractivity contribution in [3.05, 3.63) is 281 Å². The molecule has 0 aromatic heterocycles. The van der Waals surface area contributed by atoms with Gasteiger partial charge in [-0.05, 0) is 56.6 Å². The van der Waals surface area contributed by atoms with Gasteiger partial charge in [-0.1, -0.05) is 224 Å². The number of rotatable bonds is 39. The zero-order valence-electron chi connectivity index (χ0n) is 64.9. The van der Waals surface area contributed by atoms with E-state index in [1.54, 1.807) is 7.11 Å². The second-order valence-corrected chi connectivity index (χ2v) is 28.5. The molecule has 4 N–H and O–H groups in total. The van der Waals surface area contributed by atoms with E-state index < -0.39 is 153 Å². The fraction of sp³-hybridized carbons (Fsp3) is 0.416. The Bertz CT molecular complexity index is 4190. The molecule has 0 radical (unpaired) electrons. The molecule has 4 heterocycles. The maximum Gasteiger partial charge on any atom is 0.303 e. The first-order valence-electron chi connectivity index (χ1n) is 38.6. The van der Waals surface area contributed by atoms with Crippen LogP contribution in [0.25, 0.3) is 0 Å². The highest BCUT2D eigenvalue weighted by atomic mass is 16.8. The first-order chi connectivity index (χ1) is 56.1. The second kappa shape index (κ2) is 43.6. The van der Waals surface area contributed by atoms with Gasteiger partial charge in [0.25, 0.3) is 0 Å². The molecule has 26 heteroatoms. The summed E-state index contributed by atoms with van der Waals surface area (Å²) in [6.45, 7) is 3.63. The number of ether oxygens (including phenoxy) is 18. The minimum atomic E-state index is -1.82. The highest BCUT2D eigenvalue weighted by Crippen LogP contribution is 2.41. The van der Waals surface area contributed by atoms with Crippen molar-refractivity contribution in [1.29, 1.82) is 0 Å². The number of methoxy groups -OCH3 is 1. The summed E-state index contributed by atoms with van der Waals surface area (Å²) in [7, 11) is 1.58. The molecule has 0 aliphatic carbocycles. The molecule has 0 saturated carbocycles. The lowest BCUT2D eigenvalue weighted by atomic mass is 9.93. The number of carbonyl (C=O) groups excluding carboxylic acids is 4. The summed E-state index contributed by atoms with van der Waals surface area (Å²) >= 11 is 0. The molecule has 4 aliphatic heterocycles. The van der Waals surface area contributed by atoms with Crippen LogP contribution in [0.1, 0.15) is 72.2 Å². The molecule has 2 amide bonds. The third-order valence-corrected chi connectivity index (χ3v) is 19.8. The van der Waals surface area contributed by atoms with Crippen LogP contribution in [0.15, 0.2) is 237 Å². The lowest BCUT2D eigenvalue weighted by Gasteiger charge is -2.53. The van der Waals surface area contributed by atoms with Crippen molar-refractivity contribution in [3.8, 4) is 5.75 Å². The number of aliphatic hydroxyl groups is 2. The molecule has 26 nitrogen and oxygen atoms in total. The first kappa shape index (κ1) is 85.1. The van der Waals surface area contributed by atoms with E-state index in [1.165, 1.54) is 20.8 Å². The standard InChI is InChI=1S/C89H102N2O24/c1-57(92)90-74-76(96)77(108-60(4)95)73(56-102-59(3)94)111-87(74)113-80-72(55-101-47-63-31-17-8-18-32-63)112-89(114-79-71(54-100-46-62-29-15-7-16-30-62)109-86(97)84(106-50-66-37-23-11-24-38-66)82(79)105-49-65-35-21-10-22-36-65)85(107-51-67-39-25-12-26-40-67)83(80)115-88-75(91-58(2)93)81(104-48-64-33-19-9-20-34-64)78(103-52-68-41-43-69(98-5)44-42-68)70(110-88)53-99-45-61-27-13-6-14-28-61/h6-44,70-89,96-97H,45-56H2,1-5H3,(H,90,92)(H,91,93)/t70-,71-,72+,73-,74+,75+,76+,77+,78-,79+,80-,81+,82+,83+,84?,85+,86+,87+,88+,89+/m0/s1. The Morgan fingerprint density at radius 3 is 1.08 bits per heavy atom. The van der Waals surface area contributed by atoms with Crippen LogP contribution in [-0.4, -0.2) is 190 Å². The molecular formula is C89H102N2O24. The lowest BCUT2D eigenvalue weighted by molar-refractivity contribution is -0.399. The van der Waals surface area contributed by atoms with Gasteiger partial charge in [0.05, 0.1) is 79.8 Å². The Morgan fingerprint density at radius 1 is 0.322 bits per heavy atom. The molecule has 20 atom stereocenters. The van der Waals surface area contributed by atoms with Crippen LogP contribution in [-0.2, 0) is 153 Å². The van der Waals surface area contributed by atoms with Crippen LogP contribution < -0.4 is 15.4 Å². The molecule has 612 valence electrons. The smallest absolute Gasteiger partial charge is 0.303 e. The van der Waals surface area contributed by atoms with Crippen molar-refractivity contribution in [2.24, 2.45) is 0 Å². The number of amides is 2. The Morgan fingerprint density at radius 2 is 0.652 bits per heavy atom. The van der Waals surface area contributed by atoms with E-state index in [1.807, 2.05) is 237 Å². The summed E-state index contributed by atoms with van der Waals surface area (Å²) in [4.78, 5) is 53.8. The van der Waals surface area contributed by atoms with Gasteiger partial charge in [-0.2, -0.15) is 0 Å².